The maximum Gasteiger partial charge on any atom is 0.227 e. The average molecular weight is 400 g/mol. The summed E-state index contributed by atoms with van der Waals surface area (Å²) in [6.45, 7) is 3.56. The molecular formula is C19H28N8O2. The number of carbonyl (C=O) groups is 1. The standard InChI is InChI=1S/C19H28N8O2/c1-13-4-6-15(22-10-13)25-18(28)8-9-21-19(20-2)23-14-5-7-17-24-16(12-29-3)26-27(17)11-14/h4,6,10,14H,5,7-9,11-12H2,1-3H3,(H2,20,21,23)(H,22,25,28). The van der Waals surface area contributed by atoms with Gasteiger partial charge < -0.3 is 20.7 Å². The second kappa shape index (κ2) is 9.97. The number of guanidine groups is 1. The van der Waals surface area contributed by atoms with E-state index in [1.54, 1.807) is 26.4 Å². The Bertz CT molecular complexity index is 846. The van der Waals surface area contributed by atoms with Crippen molar-refractivity contribution >= 4 is 17.7 Å². The van der Waals surface area contributed by atoms with E-state index in [1.165, 1.54) is 0 Å². The quantitative estimate of drug-likeness (QED) is 0.461. The highest BCUT2D eigenvalue weighted by Gasteiger charge is 2.22. The summed E-state index contributed by atoms with van der Waals surface area (Å²) in [5, 5.41) is 13.8. The van der Waals surface area contributed by atoms with Gasteiger partial charge in [-0.2, -0.15) is 5.10 Å². The normalized spacial score (nSPS) is 16.2. The van der Waals surface area contributed by atoms with Crippen LogP contribution in [0.2, 0.25) is 0 Å². The minimum Gasteiger partial charge on any atom is -0.377 e. The van der Waals surface area contributed by atoms with Crippen LogP contribution in [-0.2, 0) is 29.1 Å². The van der Waals surface area contributed by atoms with Gasteiger partial charge in [0.2, 0.25) is 5.91 Å². The highest BCUT2D eigenvalue weighted by atomic mass is 16.5. The summed E-state index contributed by atoms with van der Waals surface area (Å²) in [6, 6.07) is 3.90. The van der Waals surface area contributed by atoms with Crippen molar-refractivity contribution in [3.05, 3.63) is 35.5 Å². The molecule has 2 aromatic heterocycles. The molecule has 10 nitrogen and oxygen atoms in total. The number of hydrogen-bond donors (Lipinski definition) is 3. The summed E-state index contributed by atoms with van der Waals surface area (Å²) >= 11 is 0. The van der Waals surface area contributed by atoms with Crippen molar-refractivity contribution in [2.24, 2.45) is 4.99 Å². The van der Waals surface area contributed by atoms with E-state index in [0.29, 0.717) is 43.7 Å². The third-order valence-electron chi connectivity index (χ3n) is 4.56. The van der Waals surface area contributed by atoms with Crippen LogP contribution in [0.1, 0.15) is 30.1 Å². The van der Waals surface area contributed by atoms with Gasteiger partial charge in [-0.05, 0) is 25.0 Å². The topological polar surface area (TPSA) is 118 Å². The lowest BCUT2D eigenvalue weighted by Crippen LogP contribution is -2.47. The van der Waals surface area contributed by atoms with Crippen molar-refractivity contribution in [3.63, 3.8) is 0 Å². The molecule has 3 heterocycles. The number of ether oxygens (including phenoxy) is 1. The number of aryl methyl sites for hydroxylation is 2. The maximum atomic E-state index is 12.1. The number of aromatic nitrogens is 4. The molecule has 1 unspecified atom stereocenters. The number of anilines is 1. The number of methoxy groups -OCH3 is 1. The van der Waals surface area contributed by atoms with E-state index in [9.17, 15) is 4.79 Å². The van der Waals surface area contributed by atoms with Crippen molar-refractivity contribution in [2.45, 2.75) is 45.4 Å². The fraction of sp³-hybridized carbons (Fsp3) is 0.526. The Morgan fingerprint density at radius 2 is 2.28 bits per heavy atom. The molecule has 2 aromatic rings. The number of nitrogens with one attached hydrogen (secondary N) is 3. The van der Waals surface area contributed by atoms with Gasteiger partial charge in [0.15, 0.2) is 11.8 Å². The van der Waals surface area contributed by atoms with Gasteiger partial charge in [-0.15, -0.1) is 0 Å². The molecule has 1 aliphatic rings. The van der Waals surface area contributed by atoms with Crippen LogP contribution in [0.25, 0.3) is 0 Å². The first-order valence-electron chi connectivity index (χ1n) is 9.68. The number of rotatable bonds is 7. The van der Waals surface area contributed by atoms with Gasteiger partial charge >= 0.3 is 0 Å². The number of hydrogen-bond acceptors (Lipinski definition) is 6. The van der Waals surface area contributed by atoms with E-state index in [4.69, 9.17) is 4.74 Å². The van der Waals surface area contributed by atoms with Gasteiger partial charge in [0.05, 0.1) is 6.54 Å². The lowest BCUT2D eigenvalue weighted by atomic mass is 10.1. The summed E-state index contributed by atoms with van der Waals surface area (Å²) in [4.78, 5) is 25.0. The van der Waals surface area contributed by atoms with Gasteiger partial charge in [-0.25, -0.2) is 14.6 Å². The zero-order valence-electron chi connectivity index (χ0n) is 17.1. The third kappa shape index (κ3) is 5.98. The smallest absolute Gasteiger partial charge is 0.227 e. The first-order chi connectivity index (χ1) is 14.1. The fourth-order valence-corrected chi connectivity index (χ4v) is 3.10. The molecule has 1 aliphatic heterocycles. The van der Waals surface area contributed by atoms with Crippen molar-refractivity contribution in [3.8, 4) is 0 Å². The van der Waals surface area contributed by atoms with E-state index in [0.717, 1.165) is 24.2 Å². The van der Waals surface area contributed by atoms with Crippen molar-refractivity contribution < 1.29 is 9.53 Å². The monoisotopic (exact) mass is 400 g/mol. The van der Waals surface area contributed by atoms with Crippen LogP contribution in [0.5, 0.6) is 0 Å². The molecule has 29 heavy (non-hydrogen) atoms. The van der Waals surface area contributed by atoms with E-state index in [2.05, 4.69) is 36.0 Å². The Morgan fingerprint density at radius 3 is 3.00 bits per heavy atom. The van der Waals surface area contributed by atoms with Gasteiger partial charge in [0.25, 0.3) is 0 Å². The molecule has 0 saturated heterocycles. The molecule has 0 radical (unpaired) electrons. The molecule has 0 aromatic carbocycles. The van der Waals surface area contributed by atoms with Crippen molar-refractivity contribution in [2.75, 3.05) is 26.0 Å². The molecule has 0 saturated carbocycles. The minimum atomic E-state index is -0.0973. The van der Waals surface area contributed by atoms with Crippen LogP contribution >= 0.6 is 0 Å². The Kier molecular flexibility index (Phi) is 7.12. The third-order valence-corrected chi connectivity index (χ3v) is 4.56. The highest BCUT2D eigenvalue weighted by Crippen LogP contribution is 2.13. The summed E-state index contributed by atoms with van der Waals surface area (Å²) in [6.07, 6.45) is 3.82. The average Bonchev–Trinajstić information content (AvgIpc) is 3.11. The van der Waals surface area contributed by atoms with Crippen molar-refractivity contribution in [1.82, 2.24) is 30.4 Å². The van der Waals surface area contributed by atoms with Crippen LogP contribution in [0, 0.1) is 6.92 Å². The lowest BCUT2D eigenvalue weighted by molar-refractivity contribution is -0.116. The van der Waals surface area contributed by atoms with E-state index in [1.807, 2.05) is 17.7 Å². The molecule has 10 heteroatoms. The number of pyridine rings is 1. The summed E-state index contributed by atoms with van der Waals surface area (Å²) in [5.74, 6) is 2.82. The predicted molar refractivity (Wildman–Crippen MR) is 110 cm³/mol. The number of amides is 1. The molecule has 1 atom stereocenters. The lowest BCUT2D eigenvalue weighted by Gasteiger charge is -2.25. The first-order valence-corrected chi connectivity index (χ1v) is 9.68. The van der Waals surface area contributed by atoms with Gasteiger partial charge in [0, 0.05) is 45.8 Å². The number of fused-ring (bicyclic) bond motifs is 1. The number of carbonyl (C=O) groups excluding carboxylic acids is 1. The zero-order valence-corrected chi connectivity index (χ0v) is 17.1. The zero-order chi connectivity index (χ0) is 20.6. The maximum absolute atomic E-state index is 12.1. The largest absolute Gasteiger partial charge is 0.377 e. The molecular weight excluding hydrogens is 372 g/mol. The second-order valence-electron chi connectivity index (χ2n) is 6.96. The Hall–Kier alpha value is -3.01. The van der Waals surface area contributed by atoms with E-state index in [-0.39, 0.29) is 11.9 Å². The molecule has 1 amide bonds. The van der Waals surface area contributed by atoms with Gasteiger partial charge in [-0.1, -0.05) is 6.07 Å². The molecule has 0 bridgehead atoms. The van der Waals surface area contributed by atoms with Crippen LogP contribution in [-0.4, -0.2) is 58.4 Å². The summed E-state index contributed by atoms with van der Waals surface area (Å²) < 4.78 is 7.02. The Labute approximate surface area is 170 Å². The van der Waals surface area contributed by atoms with Crippen LogP contribution in [0.4, 0.5) is 5.82 Å². The molecule has 3 rings (SSSR count). The molecule has 0 fully saturated rings. The predicted octanol–water partition coefficient (Wildman–Crippen LogP) is 0.637. The highest BCUT2D eigenvalue weighted by molar-refractivity contribution is 5.90. The van der Waals surface area contributed by atoms with Crippen LogP contribution in [0.15, 0.2) is 23.3 Å². The minimum absolute atomic E-state index is 0.0973. The summed E-state index contributed by atoms with van der Waals surface area (Å²) in [7, 11) is 3.35. The molecule has 3 N–H and O–H groups in total. The second-order valence-corrected chi connectivity index (χ2v) is 6.96. The first kappa shape index (κ1) is 20.7. The van der Waals surface area contributed by atoms with Crippen LogP contribution < -0.4 is 16.0 Å². The Balaban J connectivity index is 1.42. The van der Waals surface area contributed by atoms with E-state index < -0.39 is 0 Å². The molecule has 0 aliphatic carbocycles. The Morgan fingerprint density at radius 1 is 1.41 bits per heavy atom. The number of aliphatic imine (C=N–C) groups is 1. The van der Waals surface area contributed by atoms with Gasteiger partial charge in [-0.3, -0.25) is 9.79 Å². The number of nitrogens with zero attached hydrogens (tertiary/aromatic N) is 5. The van der Waals surface area contributed by atoms with Crippen LogP contribution in [0.3, 0.4) is 0 Å². The van der Waals surface area contributed by atoms with Gasteiger partial charge in [0.1, 0.15) is 18.2 Å². The fourth-order valence-electron chi connectivity index (χ4n) is 3.10. The molecule has 156 valence electrons. The van der Waals surface area contributed by atoms with E-state index >= 15 is 0 Å². The molecule has 0 spiro atoms. The summed E-state index contributed by atoms with van der Waals surface area (Å²) in [5.41, 5.74) is 1.05. The van der Waals surface area contributed by atoms with Crippen molar-refractivity contribution in [1.29, 1.82) is 0 Å². The SMILES string of the molecule is CN=C(NCCC(=O)Nc1ccc(C)cn1)NC1CCc2nc(COC)nn2C1.